The molecular formula is C17H19N5O2. The fourth-order valence-electron chi connectivity index (χ4n) is 2.08. The Labute approximate surface area is 139 Å². The summed E-state index contributed by atoms with van der Waals surface area (Å²) in [5, 5.41) is 16.3. The second-order valence-electron chi connectivity index (χ2n) is 5.72. The van der Waals surface area contributed by atoms with Gasteiger partial charge in [-0.3, -0.25) is 9.59 Å². The number of hydrogen-bond donors (Lipinski definition) is 3. The Morgan fingerprint density at radius 2 is 1.83 bits per heavy atom. The molecule has 3 N–H and O–H groups in total. The topological polar surface area (TPSA) is 96.0 Å². The number of rotatable bonds is 7. The van der Waals surface area contributed by atoms with E-state index in [1.165, 1.54) is 12.8 Å². The van der Waals surface area contributed by atoms with E-state index in [1.54, 1.807) is 24.3 Å². The van der Waals surface area contributed by atoms with E-state index >= 15 is 0 Å². The third kappa shape index (κ3) is 4.77. The van der Waals surface area contributed by atoms with Crippen molar-refractivity contribution in [1.29, 1.82) is 0 Å². The van der Waals surface area contributed by atoms with Crippen LogP contribution in [-0.2, 0) is 4.79 Å². The van der Waals surface area contributed by atoms with Crippen molar-refractivity contribution in [1.82, 2.24) is 15.5 Å². The van der Waals surface area contributed by atoms with Crippen molar-refractivity contribution in [3.63, 3.8) is 0 Å². The zero-order valence-electron chi connectivity index (χ0n) is 13.2. The molecular weight excluding hydrogens is 306 g/mol. The Kier molecular flexibility index (Phi) is 5.00. The van der Waals surface area contributed by atoms with E-state index in [0.29, 0.717) is 17.4 Å². The van der Waals surface area contributed by atoms with E-state index in [2.05, 4.69) is 26.1 Å². The van der Waals surface area contributed by atoms with E-state index < -0.39 is 0 Å². The maximum absolute atomic E-state index is 12.0. The number of carbonyl (C=O) groups is 2. The van der Waals surface area contributed by atoms with E-state index in [1.807, 2.05) is 18.2 Å². The Bertz CT molecular complexity index is 699. The molecule has 1 aliphatic carbocycles. The summed E-state index contributed by atoms with van der Waals surface area (Å²) in [5.74, 6) is 0.695. The van der Waals surface area contributed by atoms with Gasteiger partial charge < -0.3 is 16.0 Å². The standard InChI is InChI=1S/C17H19N5O2/c23-16(19-10-12-6-7-12)11-18-15-9-8-14(21-22-15)17(24)20-13-4-2-1-3-5-13/h1-5,8-9,12H,6-7,10-11H2,(H,18,22)(H,19,23)(H,20,24). The summed E-state index contributed by atoms with van der Waals surface area (Å²) in [7, 11) is 0. The minimum atomic E-state index is -0.331. The molecule has 24 heavy (non-hydrogen) atoms. The SMILES string of the molecule is O=C(CNc1ccc(C(=O)Nc2ccccc2)nn1)NCC1CC1. The van der Waals surface area contributed by atoms with E-state index in [0.717, 1.165) is 6.54 Å². The number of carbonyl (C=O) groups excluding carboxylic acids is 2. The highest BCUT2D eigenvalue weighted by Gasteiger charge is 2.21. The summed E-state index contributed by atoms with van der Waals surface area (Å²) in [6.45, 7) is 0.877. The van der Waals surface area contributed by atoms with E-state index in [-0.39, 0.29) is 24.1 Å². The molecule has 1 aromatic carbocycles. The number of para-hydroxylation sites is 1. The highest BCUT2D eigenvalue weighted by Crippen LogP contribution is 2.27. The number of hydrogen-bond acceptors (Lipinski definition) is 5. The lowest BCUT2D eigenvalue weighted by Crippen LogP contribution is -2.31. The molecule has 0 atom stereocenters. The molecule has 0 spiro atoms. The fraction of sp³-hybridized carbons (Fsp3) is 0.294. The van der Waals surface area contributed by atoms with Crippen LogP contribution >= 0.6 is 0 Å². The molecule has 1 saturated carbocycles. The summed E-state index contributed by atoms with van der Waals surface area (Å²) < 4.78 is 0. The molecule has 0 aliphatic heterocycles. The third-order valence-corrected chi connectivity index (χ3v) is 3.64. The predicted molar refractivity (Wildman–Crippen MR) is 90.7 cm³/mol. The quantitative estimate of drug-likeness (QED) is 0.719. The van der Waals surface area contributed by atoms with Gasteiger partial charge in [-0.15, -0.1) is 10.2 Å². The van der Waals surface area contributed by atoms with Crippen molar-refractivity contribution < 1.29 is 9.59 Å². The first-order valence-corrected chi connectivity index (χ1v) is 7.91. The van der Waals surface area contributed by atoms with Crippen molar-refractivity contribution in [2.45, 2.75) is 12.8 Å². The zero-order chi connectivity index (χ0) is 16.8. The largest absolute Gasteiger partial charge is 0.360 e. The number of nitrogens with zero attached hydrogens (tertiary/aromatic N) is 2. The predicted octanol–water partition coefficient (Wildman–Crippen LogP) is 1.67. The maximum atomic E-state index is 12.0. The molecule has 2 amide bonds. The normalized spacial score (nSPS) is 13.2. The average molecular weight is 325 g/mol. The van der Waals surface area contributed by atoms with Crippen LogP contribution in [0, 0.1) is 5.92 Å². The first-order valence-electron chi connectivity index (χ1n) is 7.91. The number of benzene rings is 1. The van der Waals surface area contributed by atoms with Crippen LogP contribution in [0.15, 0.2) is 42.5 Å². The monoisotopic (exact) mass is 325 g/mol. The van der Waals surface area contributed by atoms with Crippen LogP contribution in [0.1, 0.15) is 23.3 Å². The molecule has 1 aromatic heterocycles. The minimum absolute atomic E-state index is 0.0744. The van der Waals surface area contributed by atoms with Gasteiger partial charge in [0.1, 0.15) is 5.82 Å². The van der Waals surface area contributed by atoms with Crippen LogP contribution in [0.25, 0.3) is 0 Å². The molecule has 0 radical (unpaired) electrons. The minimum Gasteiger partial charge on any atom is -0.360 e. The highest BCUT2D eigenvalue weighted by atomic mass is 16.2. The van der Waals surface area contributed by atoms with Crippen LogP contribution in [0.4, 0.5) is 11.5 Å². The second kappa shape index (κ2) is 7.54. The lowest BCUT2D eigenvalue weighted by Gasteiger charge is -2.07. The van der Waals surface area contributed by atoms with Crippen molar-refractivity contribution in [3.05, 3.63) is 48.2 Å². The summed E-state index contributed by atoms with van der Waals surface area (Å²) in [6.07, 6.45) is 2.40. The van der Waals surface area contributed by atoms with E-state index in [4.69, 9.17) is 0 Å². The van der Waals surface area contributed by atoms with Crippen LogP contribution in [0.2, 0.25) is 0 Å². The van der Waals surface area contributed by atoms with Crippen molar-refractivity contribution in [3.8, 4) is 0 Å². The number of amides is 2. The van der Waals surface area contributed by atoms with Crippen LogP contribution in [0.3, 0.4) is 0 Å². The van der Waals surface area contributed by atoms with Crippen molar-refractivity contribution in [2.24, 2.45) is 5.92 Å². The molecule has 7 nitrogen and oxygen atoms in total. The number of nitrogens with one attached hydrogen (secondary N) is 3. The molecule has 1 fully saturated rings. The Hall–Kier alpha value is -2.96. The van der Waals surface area contributed by atoms with Gasteiger partial charge in [-0.05, 0) is 43.0 Å². The number of aromatic nitrogens is 2. The van der Waals surface area contributed by atoms with Crippen molar-refractivity contribution in [2.75, 3.05) is 23.7 Å². The van der Waals surface area contributed by atoms with E-state index in [9.17, 15) is 9.59 Å². The summed E-state index contributed by atoms with van der Waals surface area (Å²) in [5.41, 5.74) is 0.904. The molecule has 0 bridgehead atoms. The summed E-state index contributed by atoms with van der Waals surface area (Å²) >= 11 is 0. The highest BCUT2D eigenvalue weighted by molar-refractivity contribution is 6.02. The van der Waals surface area contributed by atoms with Gasteiger partial charge in [-0.25, -0.2) is 0 Å². The second-order valence-corrected chi connectivity index (χ2v) is 5.72. The first-order chi connectivity index (χ1) is 11.7. The fourth-order valence-corrected chi connectivity index (χ4v) is 2.08. The molecule has 7 heteroatoms. The van der Waals surface area contributed by atoms with Gasteiger partial charge in [0, 0.05) is 12.2 Å². The number of anilines is 2. The lowest BCUT2D eigenvalue weighted by atomic mass is 10.3. The summed E-state index contributed by atoms with van der Waals surface area (Å²) in [6, 6.07) is 12.3. The van der Waals surface area contributed by atoms with Gasteiger partial charge in [-0.1, -0.05) is 18.2 Å². The lowest BCUT2D eigenvalue weighted by molar-refractivity contribution is -0.119. The maximum Gasteiger partial charge on any atom is 0.276 e. The van der Waals surface area contributed by atoms with Crippen molar-refractivity contribution >= 4 is 23.3 Å². The molecule has 0 unspecified atom stereocenters. The average Bonchev–Trinajstić information content (AvgIpc) is 3.44. The van der Waals surface area contributed by atoms with Gasteiger partial charge in [0.25, 0.3) is 5.91 Å². The Balaban J connectivity index is 1.47. The van der Waals surface area contributed by atoms with Gasteiger partial charge in [0.2, 0.25) is 5.91 Å². The smallest absolute Gasteiger partial charge is 0.276 e. The molecule has 1 heterocycles. The van der Waals surface area contributed by atoms with Crippen LogP contribution in [0.5, 0.6) is 0 Å². The Morgan fingerprint density at radius 3 is 2.50 bits per heavy atom. The van der Waals surface area contributed by atoms with Crippen LogP contribution in [-0.4, -0.2) is 35.1 Å². The molecule has 2 aromatic rings. The molecule has 124 valence electrons. The summed E-state index contributed by atoms with van der Waals surface area (Å²) in [4.78, 5) is 23.7. The zero-order valence-corrected chi connectivity index (χ0v) is 13.2. The van der Waals surface area contributed by atoms with Gasteiger partial charge in [0.05, 0.1) is 6.54 Å². The van der Waals surface area contributed by atoms with Crippen LogP contribution < -0.4 is 16.0 Å². The Morgan fingerprint density at radius 1 is 1.04 bits per heavy atom. The molecule has 1 aliphatic rings. The van der Waals surface area contributed by atoms with Gasteiger partial charge in [0.15, 0.2) is 5.69 Å². The molecule has 0 saturated heterocycles. The first kappa shape index (κ1) is 15.9. The molecule has 3 rings (SSSR count). The van der Waals surface area contributed by atoms with Gasteiger partial charge in [-0.2, -0.15) is 0 Å². The third-order valence-electron chi connectivity index (χ3n) is 3.64. The van der Waals surface area contributed by atoms with Gasteiger partial charge >= 0.3 is 0 Å².